The van der Waals surface area contributed by atoms with E-state index in [4.69, 9.17) is 16.7 Å². The highest BCUT2D eigenvalue weighted by molar-refractivity contribution is 9.10. The number of hydrogen-bond donors (Lipinski definition) is 2. The fourth-order valence-corrected chi connectivity index (χ4v) is 2.84. The molecule has 0 saturated heterocycles. The van der Waals surface area contributed by atoms with Crippen molar-refractivity contribution in [3.05, 3.63) is 57.5 Å². The molecule has 0 fully saturated rings. The average Bonchev–Trinajstić information content (AvgIpc) is 2.41. The van der Waals surface area contributed by atoms with E-state index in [-0.39, 0.29) is 10.6 Å². The van der Waals surface area contributed by atoms with Gasteiger partial charge in [-0.3, -0.25) is 4.79 Å². The molecule has 2 aromatic carbocycles. The highest BCUT2D eigenvalue weighted by atomic mass is 79.9. The number of nitrogens with one attached hydrogen (secondary N) is 1. The third-order valence-electron chi connectivity index (χ3n) is 2.62. The van der Waals surface area contributed by atoms with Gasteiger partial charge in [0.05, 0.1) is 10.7 Å². The number of hydrogen-bond acceptors (Lipinski definition) is 3. The van der Waals surface area contributed by atoms with Gasteiger partial charge in [-0.2, -0.15) is 0 Å². The van der Waals surface area contributed by atoms with E-state index in [0.29, 0.717) is 15.1 Å². The van der Waals surface area contributed by atoms with E-state index in [9.17, 15) is 13.2 Å². The number of nitrogens with two attached hydrogens (primary N) is 1. The first-order valence-electron chi connectivity index (χ1n) is 5.67. The SMILES string of the molecule is NS(=O)(=O)c1ccccc1NC(=O)c1ccc(Cl)c(Br)c1. The first-order valence-corrected chi connectivity index (χ1v) is 8.39. The zero-order chi connectivity index (χ0) is 15.6. The van der Waals surface area contributed by atoms with Gasteiger partial charge in [0.1, 0.15) is 4.90 Å². The van der Waals surface area contributed by atoms with Gasteiger partial charge in [0.2, 0.25) is 10.0 Å². The molecule has 0 radical (unpaired) electrons. The van der Waals surface area contributed by atoms with Crippen LogP contribution in [-0.2, 0) is 10.0 Å². The van der Waals surface area contributed by atoms with Gasteiger partial charge in [-0.15, -0.1) is 0 Å². The Kier molecular flexibility index (Phi) is 4.67. The molecular formula is C13H10BrClN2O3S. The smallest absolute Gasteiger partial charge is 0.255 e. The van der Waals surface area contributed by atoms with Gasteiger partial charge in [-0.05, 0) is 46.3 Å². The van der Waals surface area contributed by atoms with Gasteiger partial charge in [-0.1, -0.05) is 23.7 Å². The second-order valence-corrected chi connectivity index (χ2v) is 6.92. The molecule has 0 aliphatic rings. The summed E-state index contributed by atoms with van der Waals surface area (Å²) >= 11 is 9.07. The van der Waals surface area contributed by atoms with Crippen molar-refractivity contribution < 1.29 is 13.2 Å². The standard InChI is InChI=1S/C13H10BrClN2O3S/c14-9-7-8(5-6-10(9)15)13(18)17-11-3-1-2-4-12(11)21(16,19)20/h1-7H,(H,17,18)(H2,16,19,20). The Bertz CT molecular complexity index is 809. The maximum atomic E-state index is 12.1. The molecule has 0 atom stereocenters. The van der Waals surface area contributed by atoms with Gasteiger partial charge in [0.15, 0.2) is 0 Å². The summed E-state index contributed by atoms with van der Waals surface area (Å²) in [6, 6.07) is 10.5. The summed E-state index contributed by atoms with van der Waals surface area (Å²) in [5.74, 6) is -0.469. The van der Waals surface area contributed by atoms with E-state index in [1.165, 1.54) is 30.3 Å². The van der Waals surface area contributed by atoms with Crippen LogP contribution in [0.4, 0.5) is 5.69 Å². The molecular weight excluding hydrogens is 380 g/mol. The normalized spacial score (nSPS) is 11.2. The lowest BCUT2D eigenvalue weighted by molar-refractivity contribution is 0.102. The van der Waals surface area contributed by atoms with Gasteiger partial charge in [-0.25, -0.2) is 13.6 Å². The maximum absolute atomic E-state index is 12.1. The summed E-state index contributed by atoms with van der Waals surface area (Å²) in [7, 11) is -3.92. The Hall–Kier alpha value is -1.41. The highest BCUT2D eigenvalue weighted by Crippen LogP contribution is 2.25. The summed E-state index contributed by atoms with van der Waals surface area (Å²) < 4.78 is 23.5. The lowest BCUT2D eigenvalue weighted by Crippen LogP contribution is -2.18. The van der Waals surface area contributed by atoms with E-state index in [1.807, 2.05) is 0 Å². The largest absolute Gasteiger partial charge is 0.321 e. The quantitative estimate of drug-likeness (QED) is 0.845. The minimum atomic E-state index is -3.92. The highest BCUT2D eigenvalue weighted by Gasteiger charge is 2.16. The Morgan fingerprint density at radius 3 is 2.48 bits per heavy atom. The fraction of sp³-hybridized carbons (Fsp3) is 0. The van der Waals surface area contributed by atoms with Crippen LogP contribution in [0.15, 0.2) is 51.8 Å². The number of carbonyl (C=O) groups excluding carboxylic acids is 1. The number of rotatable bonds is 3. The lowest BCUT2D eigenvalue weighted by atomic mass is 10.2. The van der Waals surface area contributed by atoms with Crippen molar-refractivity contribution in [1.82, 2.24) is 0 Å². The Labute approximate surface area is 135 Å². The summed E-state index contributed by atoms with van der Waals surface area (Å²) in [4.78, 5) is 12.0. The van der Waals surface area contributed by atoms with Gasteiger partial charge >= 0.3 is 0 Å². The molecule has 110 valence electrons. The third kappa shape index (κ3) is 3.82. The van der Waals surface area contributed by atoms with E-state index < -0.39 is 15.9 Å². The van der Waals surface area contributed by atoms with Gasteiger partial charge in [0, 0.05) is 10.0 Å². The number of carbonyl (C=O) groups is 1. The molecule has 1 amide bonds. The van der Waals surface area contributed by atoms with Crippen LogP contribution in [0.3, 0.4) is 0 Å². The number of primary sulfonamides is 1. The van der Waals surface area contributed by atoms with Crippen molar-refractivity contribution in [2.24, 2.45) is 5.14 Å². The van der Waals surface area contributed by atoms with Crippen LogP contribution < -0.4 is 10.5 Å². The summed E-state index contributed by atoms with van der Waals surface area (Å²) in [5.41, 5.74) is 0.451. The van der Waals surface area contributed by atoms with E-state index in [2.05, 4.69) is 21.2 Å². The van der Waals surface area contributed by atoms with E-state index >= 15 is 0 Å². The Morgan fingerprint density at radius 1 is 1.19 bits per heavy atom. The first-order chi connectivity index (χ1) is 9.79. The summed E-state index contributed by atoms with van der Waals surface area (Å²) in [6.45, 7) is 0. The number of anilines is 1. The van der Waals surface area contributed by atoms with Gasteiger partial charge in [0.25, 0.3) is 5.91 Å². The molecule has 0 unspecified atom stereocenters. The molecule has 0 aliphatic heterocycles. The van der Waals surface area contributed by atoms with Crippen molar-refractivity contribution in [3.63, 3.8) is 0 Å². The summed E-state index contributed by atoms with van der Waals surface area (Å²) in [6.07, 6.45) is 0. The zero-order valence-electron chi connectivity index (χ0n) is 10.5. The zero-order valence-corrected chi connectivity index (χ0v) is 13.7. The van der Waals surface area contributed by atoms with Crippen molar-refractivity contribution in [1.29, 1.82) is 0 Å². The van der Waals surface area contributed by atoms with Crippen LogP contribution >= 0.6 is 27.5 Å². The van der Waals surface area contributed by atoms with Crippen LogP contribution in [0.25, 0.3) is 0 Å². The van der Waals surface area contributed by atoms with Crippen LogP contribution in [0.5, 0.6) is 0 Å². The van der Waals surface area contributed by atoms with Gasteiger partial charge < -0.3 is 5.32 Å². The topological polar surface area (TPSA) is 89.3 Å². The summed E-state index contributed by atoms with van der Waals surface area (Å²) in [5, 5.41) is 8.10. The number of benzene rings is 2. The minimum Gasteiger partial charge on any atom is -0.321 e. The molecule has 2 aromatic rings. The molecule has 0 aliphatic carbocycles. The van der Waals surface area contributed by atoms with Crippen molar-refractivity contribution in [3.8, 4) is 0 Å². The number of halogens is 2. The predicted molar refractivity (Wildman–Crippen MR) is 84.9 cm³/mol. The number of para-hydroxylation sites is 1. The van der Waals surface area contributed by atoms with Crippen LogP contribution in [0.1, 0.15) is 10.4 Å². The van der Waals surface area contributed by atoms with Crippen LogP contribution in [-0.4, -0.2) is 14.3 Å². The first kappa shape index (κ1) is 16.0. The third-order valence-corrected chi connectivity index (χ3v) is 4.81. The minimum absolute atomic E-state index is 0.121. The van der Waals surface area contributed by atoms with Crippen LogP contribution in [0.2, 0.25) is 5.02 Å². The second-order valence-electron chi connectivity index (χ2n) is 4.12. The van der Waals surface area contributed by atoms with Crippen LogP contribution in [0, 0.1) is 0 Å². The average molecular weight is 390 g/mol. The van der Waals surface area contributed by atoms with Crippen molar-refractivity contribution in [2.75, 3.05) is 5.32 Å². The molecule has 21 heavy (non-hydrogen) atoms. The number of sulfonamides is 1. The van der Waals surface area contributed by atoms with E-state index in [0.717, 1.165) is 0 Å². The molecule has 3 N–H and O–H groups in total. The maximum Gasteiger partial charge on any atom is 0.255 e. The molecule has 0 aromatic heterocycles. The predicted octanol–water partition coefficient (Wildman–Crippen LogP) is 3.00. The lowest BCUT2D eigenvalue weighted by Gasteiger charge is -2.10. The molecule has 0 heterocycles. The fourth-order valence-electron chi connectivity index (χ4n) is 1.65. The molecule has 2 rings (SSSR count). The molecule has 5 nitrogen and oxygen atoms in total. The Balaban J connectivity index is 2.34. The molecule has 0 spiro atoms. The van der Waals surface area contributed by atoms with Crippen molar-refractivity contribution >= 4 is 49.1 Å². The van der Waals surface area contributed by atoms with Crippen molar-refractivity contribution in [2.45, 2.75) is 4.90 Å². The second kappa shape index (κ2) is 6.15. The molecule has 0 bridgehead atoms. The van der Waals surface area contributed by atoms with E-state index in [1.54, 1.807) is 12.1 Å². The Morgan fingerprint density at radius 2 is 1.86 bits per heavy atom. The molecule has 0 saturated carbocycles. The monoisotopic (exact) mass is 388 g/mol. The molecule has 8 heteroatoms. The number of amides is 1.